The number of aliphatic hydroxyl groups excluding tert-OH is 1. The molecule has 1 N–H and O–H groups in total. The standard InChI is InChI=1S/C18H20O3/c1-18-7-6-11-12(14(18)4-5-17(18)21)3-2-10-8-15(19)16(20)9-13(10)11/h8-9,12,14,20H,2-7H2,1H3/t12-,14+,18+/m1/s1. The van der Waals surface area contributed by atoms with Crippen molar-refractivity contribution in [3.63, 3.8) is 0 Å². The Kier molecular flexibility index (Phi) is 2.60. The van der Waals surface area contributed by atoms with Gasteiger partial charge in [0.2, 0.25) is 5.78 Å². The van der Waals surface area contributed by atoms with Gasteiger partial charge in [-0.25, -0.2) is 0 Å². The first-order valence-corrected chi connectivity index (χ1v) is 7.93. The fourth-order valence-corrected chi connectivity index (χ4v) is 5.03. The van der Waals surface area contributed by atoms with Crippen LogP contribution in [0.2, 0.25) is 0 Å². The summed E-state index contributed by atoms with van der Waals surface area (Å²) in [6, 6.07) is 0. The molecule has 0 radical (unpaired) electrons. The highest BCUT2D eigenvalue weighted by atomic mass is 16.3. The van der Waals surface area contributed by atoms with Gasteiger partial charge in [0.15, 0.2) is 5.76 Å². The summed E-state index contributed by atoms with van der Waals surface area (Å²) in [5, 5.41) is 9.77. The van der Waals surface area contributed by atoms with E-state index < -0.39 is 0 Å². The van der Waals surface area contributed by atoms with E-state index in [-0.39, 0.29) is 17.0 Å². The van der Waals surface area contributed by atoms with Crippen molar-refractivity contribution in [1.29, 1.82) is 0 Å². The number of aliphatic hydroxyl groups is 1. The highest BCUT2D eigenvalue weighted by Crippen LogP contribution is 2.58. The van der Waals surface area contributed by atoms with Crippen molar-refractivity contribution in [2.24, 2.45) is 17.3 Å². The van der Waals surface area contributed by atoms with Gasteiger partial charge in [-0.05, 0) is 67.2 Å². The van der Waals surface area contributed by atoms with E-state index in [1.807, 2.05) is 0 Å². The van der Waals surface area contributed by atoms with E-state index in [2.05, 4.69) is 6.92 Å². The molecule has 21 heavy (non-hydrogen) atoms. The third-order valence-corrected chi connectivity index (χ3v) is 6.24. The van der Waals surface area contributed by atoms with Gasteiger partial charge in [0.1, 0.15) is 5.78 Å². The van der Waals surface area contributed by atoms with Gasteiger partial charge in [0.05, 0.1) is 0 Å². The maximum Gasteiger partial charge on any atom is 0.220 e. The number of allylic oxidation sites excluding steroid dienone is 5. The van der Waals surface area contributed by atoms with Gasteiger partial charge in [0, 0.05) is 11.8 Å². The summed E-state index contributed by atoms with van der Waals surface area (Å²) in [4.78, 5) is 23.9. The van der Waals surface area contributed by atoms with Crippen LogP contribution in [0.4, 0.5) is 0 Å². The Morgan fingerprint density at radius 1 is 1.14 bits per heavy atom. The van der Waals surface area contributed by atoms with Gasteiger partial charge in [0.25, 0.3) is 0 Å². The van der Waals surface area contributed by atoms with Crippen LogP contribution >= 0.6 is 0 Å². The van der Waals surface area contributed by atoms with Gasteiger partial charge >= 0.3 is 0 Å². The summed E-state index contributed by atoms with van der Waals surface area (Å²) in [6.07, 6.45) is 8.77. The summed E-state index contributed by atoms with van der Waals surface area (Å²) in [5.41, 5.74) is 3.41. The highest BCUT2D eigenvalue weighted by molar-refractivity contribution is 6.05. The molecule has 0 bridgehead atoms. The van der Waals surface area contributed by atoms with E-state index in [0.29, 0.717) is 17.6 Å². The Bertz CT molecular complexity index is 649. The Morgan fingerprint density at radius 2 is 1.95 bits per heavy atom. The lowest BCUT2D eigenvalue weighted by Crippen LogP contribution is -2.40. The van der Waals surface area contributed by atoms with Crippen molar-refractivity contribution in [3.8, 4) is 0 Å². The van der Waals surface area contributed by atoms with Crippen LogP contribution in [0.3, 0.4) is 0 Å². The molecule has 0 saturated heterocycles. The smallest absolute Gasteiger partial charge is 0.220 e. The minimum absolute atomic E-state index is 0.133. The minimum atomic E-state index is -0.274. The van der Waals surface area contributed by atoms with Crippen molar-refractivity contribution in [2.75, 3.05) is 0 Å². The van der Waals surface area contributed by atoms with Crippen LogP contribution in [-0.2, 0) is 9.59 Å². The molecule has 3 heteroatoms. The summed E-state index contributed by atoms with van der Waals surface area (Å²) in [6.45, 7) is 2.15. The summed E-state index contributed by atoms with van der Waals surface area (Å²) < 4.78 is 0. The molecule has 3 atom stereocenters. The van der Waals surface area contributed by atoms with Gasteiger partial charge in [-0.3, -0.25) is 9.59 Å². The van der Waals surface area contributed by atoms with E-state index in [0.717, 1.165) is 49.7 Å². The van der Waals surface area contributed by atoms with Crippen molar-refractivity contribution in [1.82, 2.24) is 0 Å². The molecule has 3 nitrogen and oxygen atoms in total. The van der Waals surface area contributed by atoms with E-state index in [9.17, 15) is 14.7 Å². The van der Waals surface area contributed by atoms with Crippen LogP contribution in [0.25, 0.3) is 0 Å². The third kappa shape index (κ3) is 1.66. The largest absolute Gasteiger partial charge is 0.504 e. The molecule has 4 rings (SSSR count). The molecule has 0 aromatic rings. The number of Topliss-reactive ketones (excluding diaryl/α,β-unsaturated/α-hetero) is 1. The quantitative estimate of drug-likeness (QED) is 0.741. The van der Waals surface area contributed by atoms with Gasteiger partial charge in [-0.1, -0.05) is 12.5 Å². The van der Waals surface area contributed by atoms with Crippen molar-refractivity contribution < 1.29 is 14.7 Å². The molecule has 2 fully saturated rings. The third-order valence-electron chi connectivity index (χ3n) is 6.24. The molecular formula is C18H20O3. The number of rotatable bonds is 0. The van der Waals surface area contributed by atoms with E-state index in [4.69, 9.17) is 0 Å². The molecule has 4 aliphatic carbocycles. The number of hydrogen-bond donors (Lipinski definition) is 1. The van der Waals surface area contributed by atoms with Crippen molar-refractivity contribution in [3.05, 3.63) is 34.6 Å². The second kappa shape index (κ2) is 4.19. The minimum Gasteiger partial charge on any atom is -0.504 e. The van der Waals surface area contributed by atoms with E-state index in [1.165, 1.54) is 5.57 Å². The van der Waals surface area contributed by atoms with Crippen LogP contribution in [0, 0.1) is 17.3 Å². The van der Waals surface area contributed by atoms with Crippen LogP contribution in [-0.4, -0.2) is 16.7 Å². The van der Waals surface area contributed by atoms with Crippen molar-refractivity contribution >= 4 is 11.6 Å². The predicted molar refractivity (Wildman–Crippen MR) is 78.6 cm³/mol. The van der Waals surface area contributed by atoms with Gasteiger partial charge in [-0.2, -0.15) is 0 Å². The lowest BCUT2D eigenvalue weighted by atomic mass is 9.58. The van der Waals surface area contributed by atoms with Crippen molar-refractivity contribution in [2.45, 2.75) is 45.4 Å². The number of fused-ring (bicyclic) bond motifs is 4. The van der Waals surface area contributed by atoms with Gasteiger partial charge < -0.3 is 5.11 Å². The number of hydrogen-bond acceptors (Lipinski definition) is 3. The molecule has 0 unspecified atom stereocenters. The molecule has 0 spiro atoms. The Hall–Kier alpha value is -1.64. The lowest BCUT2D eigenvalue weighted by molar-refractivity contribution is -0.128. The zero-order valence-electron chi connectivity index (χ0n) is 12.3. The number of ketones is 2. The van der Waals surface area contributed by atoms with E-state index in [1.54, 1.807) is 12.2 Å². The molecule has 2 saturated carbocycles. The first-order valence-electron chi connectivity index (χ1n) is 7.93. The Balaban J connectivity index is 1.80. The number of carbonyl (C=O) groups excluding carboxylic acids is 2. The van der Waals surface area contributed by atoms with Crippen LogP contribution < -0.4 is 0 Å². The molecule has 0 aromatic heterocycles. The molecule has 110 valence electrons. The highest BCUT2D eigenvalue weighted by Gasteiger charge is 2.53. The topological polar surface area (TPSA) is 54.4 Å². The number of carbonyl (C=O) groups is 2. The predicted octanol–water partition coefficient (Wildman–Crippen LogP) is 3.42. The molecule has 0 heterocycles. The van der Waals surface area contributed by atoms with Crippen LogP contribution in [0.1, 0.15) is 45.4 Å². The van der Waals surface area contributed by atoms with Crippen LogP contribution in [0.15, 0.2) is 34.6 Å². The first kappa shape index (κ1) is 13.1. The summed E-state index contributed by atoms with van der Waals surface area (Å²) in [5.74, 6) is 0.938. The SMILES string of the molecule is C[C@]12CCC3=C4C=C(O)C(=O)C=C4CC[C@H]3[C@@H]1CCC2=O. The Morgan fingerprint density at radius 3 is 2.76 bits per heavy atom. The summed E-state index contributed by atoms with van der Waals surface area (Å²) in [7, 11) is 0. The maximum atomic E-state index is 12.3. The van der Waals surface area contributed by atoms with Gasteiger partial charge in [-0.15, -0.1) is 0 Å². The fraction of sp³-hybridized carbons (Fsp3) is 0.556. The zero-order valence-corrected chi connectivity index (χ0v) is 12.3. The second-order valence-electron chi connectivity index (χ2n) is 7.13. The molecule has 4 aliphatic rings. The summed E-state index contributed by atoms with van der Waals surface area (Å²) >= 11 is 0. The normalized spacial score (nSPS) is 38.5. The average molecular weight is 284 g/mol. The average Bonchev–Trinajstić information content (AvgIpc) is 2.76. The molecular weight excluding hydrogens is 264 g/mol. The molecule has 0 aliphatic heterocycles. The zero-order chi connectivity index (χ0) is 14.8. The molecule has 0 amide bonds. The fourth-order valence-electron chi connectivity index (χ4n) is 5.03. The van der Waals surface area contributed by atoms with Crippen LogP contribution in [0.5, 0.6) is 0 Å². The van der Waals surface area contributed by atoms with E-state index >= 15 is 0 Å². The lowest BCUT2D eigenvalue weighted by Gasteiger charge is -2.45. The first-order chi connectivity index (χ1) is 10.0. The maximum absolute atomic E-state index is 12.3. The molecule has 0 aromatic carbocycles. The second-order valence-corrected chi connectivity index (χ2v) is 7.13. The Labute approximate surface area is 124 Å². The monoisotopic (exact) mass is 284 g/mol.